The first-order chi connectivity index (χ1) is 13.0. The van der Waals surface area contributed by atoms with Crippen molar-refractivity contribution >= 4 is 17.7 Å². The number of aldehydes is 1. The van der Waals surface area contributed by atoms with Gasteiger partial charge in [0.2, 0.25) is 0 Å². The van der Waals surface area contributed by atoms with Crippen LogP contribution in [-0.2, 0) is 10.8 Å². The molecule has 2 aromatic rings. The van der Waals surface area contributed by atoms with Gasteiger partial charge in [0.25, 0.3) is 0 Å². The van der Waals surface area contributed by atoms with E-state index in [2.05, 4.69) is 77.8 Å². The normalized spacial score (nSPS) is 17.0. The van der Waals surface area contributed by atoms with Crippen molar-refractivity contribution in [2.24, 2.45) is 0 Å². The predicted octanol–water partition coefficient (Wildman–Crippen LogP) is 5.65. The fraction of sp³-hybridized carbons (Fsp3) is 0.480. The van der Waals surface area contributed by atoms with Gasteiger partial charge in [-0.05, 0) is 65.1 Å². The summed E-state index contributed by atoms with van der Waals surface area (Å²) >= 11 is 0. The number of rotatable bonds is 4. The third-order valence-electron chi connectivity index (χ3n) is 6.38. The lowest BCUT2D eigenvalue weighted by Crippen LogP contribution is -2.34. The molecule has 3 nitrogen and oxygen atoms in total. The largest absolute Gasteiger partial charge is 0.377 e. The van der Waals surface area contributed by atoms with Crippen molar-refractivity contribution in [3.05, 3.63) is 47.0 Å². The minimum Gasteiger partial charge on any atom is -0.377 e. The topological polar surface area (TPSA) is 23.6 Å². The summed E-state index contributed by atoms with van der Waals surface area (Å²) in [5.74, 6) is 0. The Kier molecular flexibility index (Phi) is 5.07. The molecule has 0 saturated carbocycles. The molecule has 28 heavy (non-hydrogen) atoms. The van der Waals surface area contributed by atoms with E-state index >= 15 is 0 Å². The highest BCUT2D eigenvalue weighted by Crippen LogP contribution is 2.50. The summed E-state index contributed by atoms with van der Waals surface area (Å²) in [7, 11) is 8.32. The van der Waals surface area contributed by atoms with E-state index in [0.29, 0.717) is 5.56 Å². The summed E-state index contributed by atoms with van der Waals surface area (Å²) in [5, 5.41) is 0. The number of hydrogen-bond acceptors (Lipinski definition) is 3. The highest BCUT2D eigenvalue weighted by molar-refractivity contribution is 5.91. The zero-order valence-corrected chi connectivity index (χ0v) is 18.7. The Bertz CT molecular complexity index is 907. The standard InChI is InChI=1S/C25H34N2O/c1-24(2)11-12-25(3,4)21-15-23(27(7)8)19(14-20(21)24)18-13-17(16-28)9-10-22(18)26(5)6/h9-10,13-16H,11-12H2,1-8H3. The second-order valence-electron chi connectivity index (χ2n) is 9.87. The number of benzene rings is 2. The van der Waals surface area contributed by atoms with Crippen molar-refractivity contribution < 1.29 is 4.79 Å². The monoisotopic (exact) mass is 378 g/mol. The molecule has 0 saturated heterocycles. The van der Waals surface area contributed by atoms with Gasteiger partial charge in [-0.25, -0.2) is 0 Å². The average molecular weight is 379 g/mol. The minimum atomic E-state index is 0.144. The van der Waals surface area contributed by atoms with E-state index in [-0.39, 0.29) is 10.8 Å². The predicted molar refractivity (Wildman–Crippen MR) is 121 cm³/mol. The van der Waals surface area contributed by atoms with Gasteiger partial charge in [0.1, 0.15) is 6.29 Å². The zero-order valence-electron chi connectivity index (χ0n) is 18.7. The molecule has 3 heteroatoms. The lowest BCUT2D eigenvalue weighted by molar-refractivity contribution is 0.112. The van der Waals surface area contributed by atoms with Gasteiger partial charge in [-0.15, -0.1) is 0 Å². The maximum atomic E-state index is 11.5. The number of anilines is 2. The van der Waals surface area contributed by atoms with Crippen molar-refractivity contribution in [3.63, 3.8) is 0 Å². The fourth-order valence-corrected chi connectivity index (χ4v) is 4.42. The molecule has 1 aliphatic carbocycles. The van der Waals surface area contributed by atoms with Crippen LogP contribution >= 0.6 is 0 Å². The molecular formula is C25H34N2O. The van der Waals surface area contributed by atoms with Gasteiger partial charge in [0.05, 0.1) is 0 Å². The van der Waals surface area contributed by atoms with Crippen molar-refractivity contribution in [1.29, 1.82) is 0 Å². The molecule has 3 rings (SSSR count). The van der Waals surface area contributed by atoms with Crippen LogP contribution in [0.15, 0.2) is 30.3 Å². The molecule has 0 fully saturated rings. The number of carbonyl (C=O) groups excluding carboxylic acids is 1. The highest BCUT2D eigenvalue weighted by Gasteiger charge is 2.38. The van der Waals surface area contributed by atoms with Crippen LogP contribution in [0, 0.1) is 0 Å². The smallest absolute Gasteiger partial charge is 0.150 e. The SMILES string of the molecule is CN(C)c1ccc(C=O)cc1-c1cc2c(cc1N(C)C)C(C)(C)CCC2(C)C. The Morgan fingerprint density at radius 1 is 0.750 bits per heavy atom. The van der Waals surface area contributed by atoms with Crippen molar-refractivity contribution in [1.82, 2.24) is 0 Å². The summed E-state index contributed by atoms with van der Waals surface area (Å²) < 4.78 is 0. The van der Waals surface area contributed by atoms with E-state index < -0.39 is 0 Å². The summed E-state index contributed by atoms with van der Waals surface area (Å²) in [6, 6.07) is 10.7. The van der Waals surface area contributed by atoms with Crippen LogP contribution in [-0.4, -0.2) is 34.5 Å². The molecule has 0 radical (unpaired) electrons. The molecular weight excluding hydrogens is 344 g/mol. The van der Waals surface area contributed by atoms with Crippen LogP contribution in [0.1, 0.15) is 62.0 Å². The minimum absolute atomic E-state index is 0.144. The van der Waals surface area contributed by atoms with Crippen LogP contribution in [0.2, 0.25) is 0 Å². The van der Waals surface area contributed by atoms with Gasteiger partial charge in [0, 0.05) is 56.3 Å². The summed E-state index contributed by atoms with van der Waals surface area (Å²) in [5.41, 5.74) is 8.55. The molecule has 1 aliphatic rings. The number of carbonyl (C=O) groups is 1. The quantitative estimate of drug-likeness (QED) is 0.643. The molecule has 0 heterocycles. The number of nitrogens with zero attached hydrogens (tertiary/aromatic N) is 2. The molecule has 150 valence electrons. The second kappa shape index (κ2) is 6.95. The maximum Gasteiger partial charge on any atom is 0.150 e. The Morgan fingerprint density at radius 3 is 1.75 bits per heavy atom. The molecule has 0 N–H and O–H groups in total. The first-order valence-electron chi connectivity index (χ1n) is 10.1. The molecule has 0 amide bonds. The van der Waals surface area contributed by atoms with Crippen molar-refractivity contribution in [3.8, 4) is 11.1 Å². The third-order valence-corrected chi connectivity index (χ3v) is 6.38. The lowest BCUT2D eigenvalue weighted by atomic mass is 9.62. The zero-order chi connectivity index (χ0) is 20.9. The van der Waals surface area contributed by atoms with Crippen molar-refractivity contribution in [2.75, 3.05) is 38.0 Å². The lowest BCUT2D eigenvalue weighted by Gasteiger charge is -2.43. The van der Waals surface area contributed by atoms with Gasteiger partial charge in [-0.3, -0.25) is 4.79 Å². The van der Waals surface area contributed by atoms with E-state index in [1.165, 1.54) is 35.2 Å². The molecule has 0 bridgehead atoms. The molecule has 0 atom stereocenters. The molecule has 0 spiro atoms. The Hall–Kier alpha value is -2.29. The molecule has 0 unspecified atom stereocenters. The molecule has 0 aromatic heterocycles. The second-order valence-corrected chi connectivity index (χ2v) is 9.87. The maximum absolute atomic E-state index is 11.5. The van der Waals surface area contributed by atoms with E-state index in [4.69, 9.17) is 0 Å². The third kappa shape index (κ3) is 3.43. The van der Waals surface area contributed by atoms with Gasteiger partial charge in [-0.1, -0.05) is 27.7 Å². The molecule has 2 aromatic carbocycles. The summed E-state index contributed by atoms with van der Waals surface area (Å²) in [6.07, 6.45) is 3.31. The Morgan fingerprint density at radius 2 is 1.25 bits per heavy atom. The Balaban J connectivity index is 2.38. The molecule has 0 aliphatic heterocycles. The van der Waals surface area contributed by atoms with E-state index in [0.717, 1.165) is 17.5 Å². The van der Waals surface area contributed by atoms with Gasteiger partial charge in [0.15, 0.2) is 0 Å². The van der Waals surface area contributed by atoms with Crippen LogP contribution in [0.5, 0.6) is 0 Å². The number of hydrogen-bond donors (Lipinski definition) is 0. The number of fused-ring (bicyclic) bond motifs is 1. The summed E-state index contributed by atoms with van der Waals surface area (Å²) in [4.78, 5) is 15.8. The highest BCUT2D eigenvalue weighted by atomic mass is 16.1. The van der Waals surface area contributed by atoms with Crippen LogP contribution < -0.4 is 9.80 Å². The van der Waals surface area contributed by atoms with Crippen LogP contribution in [0.4, 0.5) is 11.4 Å². The van der Waals surface area contributed by atoms with E-state index in [9.17, 15) is 4.79 Å². The first kappa shape index (κ1) is 20.4. The van der Waals surface area contributed by atoms with Gasteiger partial charge >= 0.3 is 0 Å². The fourth-order valence-electron chi connectivity index (χ4n) is 4.42. The average Bonchev–Trinajstić information content (AvgIpc) is 2.64. The van der Waals surface area contributed by atoms with Gasteiger partial charge in [-0.2, -0.15) is 0 Å². The van der Waals surface area contributed by atoms with Crippen LogP contribution in [0.3, 0.4) is 0 Å². The van der Waals surface area contributed by atoms with E-state index in [1.807, 2.05) is 18.2 Å². The van der Waals surface area contributed by atoms with Crippen molar-refractivity contribution in [2.45, 2.75) is 51.4 Å². The Labute approximate surface area is 170 Å². The van der Waals surface area contributed by atoms with E-state index in [1.54, 1.807) is 0 Å². The first-order valence-corrected chi connectivity index (χ1v) is 10.1. The van der Waals surface area contributed by atoms with Crippen LogP contribution in [0.25, 0.3) is 11.1 Å². The summed E-state index contributed by atoms with van der Waals surface area (Å²) in [6.45, 7) is 9.43. The van der Waals surface area contributed by atoms with Gasteiger partial charge < -0.3 is 9.80 Å².